The van der Waals surface area contributed by atoms with Gasteiger partial charge < -0.3 is 15.3 Å². The minimum absolute atomic E-state index is 0.0411. The molecule has 2 atom stereocenters. The lowest BCUT2D eigenvalue weighted by Gasteiger charge is -2.36. The van der Waals surface area contributed by atoms with Gasteiger partial charge in [-0.05, 0) is 49.7 Å². The van der Waals surface area contributed by atoms with Crippen LogP contribution in [0.1, 0.15) is 13.8 Å². The predicted octanol–water partition coefficient (Wildman–Crippen LogP) is 3.12. The van der Waals surface area contributed by atoms with Gasteiger partial charge >= 0.3 is 0 Å². The summed E-state index contributed by atoms with van der Waals surface area (Å²) in [6, 6.07) is 9.23. The molecule has 164 valence electrons. The number of aromatic nitrogens is 5. The highest BCUT2D eigenvalue weighted by molar-refractivity contribution is 5.85. The Morgan fingerprint density at radius 1 is 1.06 bits per heavy atom. The van der Waals surface area contributed by atoms with Crippen LogP contribution in [0.2, 0.25) is 0 Å². The Morgan fingerprint density at radius 2 is 1.84 bits per heavy atom. The van der Waals surface area contributed by atoms with Crippen molar-refractivity contribution in [2.45, 2.75) is 25.9 Å². The van der Waals surface area contributed by atoms with Crippen molar-refractivity contribution in [3.05, 3.63) is 48.5 Å². The highest BCUT2D eigenvalue weighted by Gasteiger charge is 2.22. The van der Waals surface area contributed by atoms with Gasteiger partial charge in [-0.3, -0.25) is 4.68 Å². The summed E-state index contributed by atoms with van der Waals surface area (Å²) in [4.78, 5) is 6.58. The first-order valence-corrected chi connectivity index (χ1v) is 10.5. The highest BCUT2D eigenvalue weighted by Crippen LogP contribution is 2.32. The summed E-state index contributed by atoms with van der Waals surface area (Å²) in [7, 11) is 1.75. The van der Waals surface area contributed by atoms with Gasteiger partial charge in [0.05, 0.1) is 0 Å². The second-order valence-corrected chi connectivity index (χ2v) is 8.44. The molecule has 1 saturated heterocycles. The smallest absolute Gasteiger partial charge is 0.151 e. The third kappa shape index (κ3) is 3.75. The number of aromatic hydroxyl groups is 1. The van der Waals surface area contributed by atoms with Crippen LogP contribution in [0.4, 0.5) is 10.2 Å². The van der Waals surface area contributed by atoms with E-state index in [1.165, 1.54) is 6.07 Å². The van der Waals surface area contributed by atoms with Crippen molar-refractivity contribution < 1.29 is 9.50 Å². The zero-order valence-corrected chi connectivity index (χ0v) is 18.1. The number of aryl methyl sites for hydroxylation is 1. The van der Waals surface area contributed by atoms with E-state index in [0.29, 0.717) is 45.5 Å². The number of piperazine rings is 1. The fraction of sp³-hybridized carbons (Fsp3) is 0.304. The molecule has 1 aromatic carbocycles. The Labute approximate surface area is 184 Å². The van der Waals surface area contributed by atoms with Crippen LogP contribution >= 0.6 is 0 Å². The molecule has 1 fully saturated rings. The Hall–Kier alpha value is -3.59. The number of fused-ring (bicyclic) bond motifs is 1. The molecule has 1 aliphatic rings. The van der Waals surface area contributed by atoms with E-state index in [2.05, 4.69) is 44.3 Å². The van der Waals surface area contributed by atoms with E-state index in [4.69, 9.17) is 0 Å². The summed E-state index contributed by atoms with van der Waals surface area (Å²) in [6.07, 6.45) is 3.35. The maximum absolute atomic E-state index is 14.4. The fourth-order valence-corrected chi connectivity index (χ4v) is 4.32. The lowest BCUT2D eigenvalue weighted by Crippen LogP contribution is -2.54. The van der Waals surface area contributed by atoms with Gasteiger partial charge in [-0.1, -0.05) is 0 Å². The van der Waals surface area contributed by atoms with Gasteiger partial charge in [-0.25, -0.2) is 9.37 Å². The zero-order chi connectivity index (χ0) is 22.4. The normalized spacial score (nSPS) is 18.9. The maximum atomic E-state index is 14.4. The number of hydrogen-bond acceptors (Lipinski definition) is 7. The minimum atomic E-state index is -0.417. The Kier molecular flexibility index (Phi) is 4.97. The number of benzene rings is 1. The largest absolute Gasteiger partial charge is 0.506 e. The van der Waals surface area contributed by atoms with Gasteiger partial charge in [-0.15, -0.1) is 10.2 Å². The van der Waals surface area contributed by atoms with E-state index in [9.17, 15) is 9.50 Å². The van der Waals surface area contributed by atoms with E-state index in [1.807, 2.05) is 18.2 Å². The zero-order valence-electron chi connectivity index (χ0n) is 18.1. The topological polar surface area (TPSA) is 92.0 Å². The average Bonchev–Trinajstić information content (AvgIpc) is 3.14. The Morgan fingerprint density at radius 3 is 2.53 bits per heavy atom. The van der Waals surface area contributed by atoms with Crippen LogP contribution in [0.3, 0.4) is 0 Å². The van der Waals surface area contributed by atoms with E-state index in [-0.39, 0.29) is 5.75 Å². The Bertz CT molecular complexity index is 1280. The maximum Gasteiger partial charge on any atom is 0.151 e. The van der Waals surface area contributed by atoms with E-state index in [1.54, 1.807) is 30.2 Å². The molecule has 3 aromatic heterocycles. The van der Waals surface area contributed by atoms with Crippen molar-refractivity contribution in [2.24, 2.45) is 7.05 Å². The summed E-state index contributed by atoms with van der Waals surface area (Å²) in [5.41, 5.74) is 2.33. The van der Waals surface area contributed by atoms with Crippen molar-refractivity contribution in [3.63, 3.8) is 0 Å². The number of pyridine rings is 1. The summed E-state index contributed by atoms with van der Waals surface area (Å²) in [5.74, 6) is 0.339. The highest BCUT2D eigenvalue weighted by atomic mass is 19.1. The van der Waals surface area contributed by atoms with Crippen LogP contribution in [0.15, 0.2) is 42.7 Å². The molecule has 0 radical (unpaired) electrons. The van der Waals surface area contributed by atoms with Crippen LogP contribution in [-0.2, 0) is 7.05 Å². The quantitative estimate of drug-likeness (QED) is 0.513. The molecule has 9 heteroatoms. The standard InChI is InChI=1S/C23H24FN7O/c1-13-10-31(11-14(2)26-13)21-5-4-19(27-28-21)23-20(32)8-16(9-25-23)15-6-17-12-30(3)29-22(17)18(24)7-15/h4-9,12-14,26,32H,10-11H2,1-3H3/t13-,14+. The average molecular weight is 433 g/mol. The number of anilines is 1. The number of nitrogens with zero attached hydrogens (tertiary/aromatic N) is 6. The molecule has 2 N–H and O–H groups in total. The van der Waals surface area contributed by atoms with Crippen LogP contribution in [-0.4, -0.2) is 55.2 Å². The molecule has 0 saturated carbocycles. The molecule has 0 bridgehead atoms. The predicted molar refractivity (Wildman–Crippen MR) is 121 cm³/mol. The van der Waals surface area contributed by atoms with Gasteiger partial charge in [0.15, 0.2) is 11.6 Å². The fourth-order valence-electron chi connectivity index (χ4n) is 4.32. The van der Waals surface area contributed by atoms with E-state index >= 15 is 0 Å². The molecule has 4 aromatic rings. The molecule has 4 heterocycles. The molecular weight excluding hydrogens is 409 g/mol. The third-order valence-corrected chi connectivity index (χ3v) is 5.65. The van der Waals surface area contributed by atoms with Crippen molar-refractivity contribution in [3.8, 4) is 28.3 Å². The first-order chi connectivity index (χ1) is 15.4. The second-order valence-electron chi connectivity index (χ2n) is 8.44. The number of hydrogen-bond donors (Lipinski definition) is 2. The van der Waals surface area contributed by atoms with Crippen molar-refractivity contribution in [1.82, 2.24) is 30.3 Å². The number of halogens is 1. The molecule has 0 amide bonds. The molecule has 1 aliphatic heterocycles. The lowest BCUT2D eigenvalue weighted by atomic mass is 10.0. The van der Waals surface area contributed by atoms with E-state index < -0.39 is 5.82 Å². The second kappa shape index (κ2) is 7.83. The van der Waals surface area contributed by atoms with Gasteiger partial charge in [0.25, 0.3) is 0 Å². The van der Waals surface area contributed by atoms with Crippen LogP contribution in [0.25, 0.3) is 33.4 Å². The van der Waals surface area contributed by atoms with Gasteiger partial charge in [0.2, 0.25) is 0 Å². The van der Waals surface area contributed by atoms with Gasteiger partial charge in [-0.2, -0.15) is 5.10 Å². The molecule has 0 unspecified atom stereocenters. The number of rotatable bonds is 3. The third-order valence-electron chi connectivity index (χ3n) is 5.65. The Balaban J connectivity index is 1.42. The lowest BCUT2D eigenvalue weighted by molar-refractivity contribution is 0.404. The van der Waals surface area contributed by atoms with Crippen LogP contribution < -0.4 is 10.2 Å². The summed E-state index contributed by atoms with van der Waals surface area (Å²) in [6.45, 7) is 6.00. The number of nitrogens with one attached hydrogen (secondary N) is 1. The SMILES string of the molecule is C[C@@H]1CN(c2ccc(-c3ncc(-c4cc(F)c5nn(C)cc5c4)cc3O)nn2)C[C@H](C)N1. The monoisotopic (exact) mass is 433 g/mol. The van der Waals surface area contributed by atoms with Crippen molar-refractivity contribution >= 4 is 16.7 Å². The molecule has 0 spiro atoms. The van der Waals surface area contributed by atoms with Crippen molar-refractivity contribution in [2.75, 3.05) is 18.0 Å². The van der Waals surface area contributed by atoms with E-state index in [0.717, 1.165) is 18.9 Å². The molecular formula is C23H24FN7O. The summed E-state index contributed by atoms with van der Waals surface area (Å²) in [5, 5.41) is 27.6. The molecule has 0 aliphatic carbocycles. The van der Waals surface area contributed by atoms with Gasteiger partial charge in [0, 0.05) is 55.6 Å². The molecule has 8 nitrogen and oxygen atoms in total. The van der Waals surface area contributed by atoms with Gasteiger partial charge in [0.1, 0.15) is 22.7 Å². The van der Waals surface area contributed by atoms with Crippen LogP contribution in [0, 0.1) is 5.82 Å². The first kappa shape index (κ1) is 20.3. The van der Waals surface area contributed by atoms with Crippen molar-refractivity contribution in [1.29, 1.82) is 0 Å². The molecule has 5 rings (SSSR count). The molecule has 32 heavy (non-hydrogen) atoms. The minimum Gasteiger partial charge on any atom is -0.506 e. The van der Waals surface area contributed by atoms with Crippen LogP contribution in [0.5, 0.6) is 5.75 Å². The summed E-state index contributed by atoms with van der Waals surface area (Å²) < 4.78 is 16.0. The first-order valence-electron chi connectivity index (χ1n) is 10.5. The summed E-state index contributed by atoms with van der Waals surface area (Å²) >= 11 is 0.